The Balaban J connectivity index is 1.93. The normalized spacial score (nSPS) is 12.6. The second kappa shape index (κ2) is 10.0. The summed E-state index contributed by atoms with van der Waals surface area (Å²) in [6, 6.07) is 11.0. The van der Waals surface area contributed by atoms with Crippen LogP contribution in [0.4, 0.5) is 0 Å². The van der Waals surface area contributed by atoms with Gasteiger partial charge in [0.1, 0.15) is 0 Å². The number of aryl methyl sites for hydroxylation is 4. The molecule has 5 nitrogen and oxygen atoms in total. The van der Waals surface area contributed by atoms with Gasteiger partial charge >= 0.3 is 0 Å². The molecule has 2 aromatic rings. The molecule has 1 atom stereocenters. The molecule has 0 spiro atoms. The number of hydrogen-bond donors (Lipinski definition) is 2. The van der Waals surface area contributed by atoms with E-state index in [0.29, 0.717) is 19.4 Å². The molecule has 0 aliphatic rings. The van der Waals surface area contributed by atoms with Crippen LogP contribution in [0, 0.1) is 20.8 Å². The van der Waals surface area contributed by atoms with E-state index in [-0.39, 0.29) is 16.8 Å². The molecule has 0 saturated carbocycles. The second-order valence-corrected chi connectivity index (χ2v) is 9.39. The molecule has 0 bridgehead atoms. The maximum absolute atomic E-state index is 12.4. The molecule has 0 heterocycles. The van der Waals surface area contributed by atoms with E-state index < -0.39 is 10.0 Å². The minimum absolute atomic E-state index is 0.0172. The molecule has 0 radical (unpaired) electrons. The van der Waals surface area contributed by atoms with Crippen LogP contribution in [0.1, 0.15) is 60.5 Å². The first kappa shape index (κ1) is 23.1. The van der Waals surface area contributed by atoms with Gasteiger partial charge in [-0.15, -0.1) is 0 Å². The van der Waals surface area contributed by atoms with Gasteiger partial charge in [-0.2, -0.15) is 0 Å². The highest BCUT2D eigenvalue weighted by molar-refractivity contribution is 7.89. The molecular weight excluding hydrogens is 384 g/mol. The summed E-state index contributed by atoms with van der Waals surface area (Å²) in [6.07, 6.45) is 1.66. The van der Waals surface area contributed by atoms with Crippen molar-refractivity contribution in [2.75, 3.05) is 6.54 Å². The van der Waals surface area contributed by atoms with Crippen molar-refractivity contribution in [2.24, 2.45) is 0 Å². The van der Waals surface area contributed by atoms with Gasteiger partial charge in [-0.1, -0.05) is 31.2 Å². The lowest BCUT2D eigenvalue weighted by Crippen LogP contribution is -2.27. The third-order valence-electron chi connectivity index (χ3n) is 5.14. The molecule has 0 saturated heterocycles. The van der Waals surface area contributed by atoms with E-state index in [0.717, 1.165) is 17.5 Å². The number of amides is 1. The van der Waals surface area contributed by atoms with Crippen LogP contribution in [0.15, 0.2) is 41.3 Å². The largest absolute Gasteiger partial charge is 0.350 e. The van der Waals surface area contributed by atoms with Crippen molar-refractivity contribution in [3.63, 3.8) is 0 Å². The van der Waals surface area contributed by atoms with Crippen molar-refractivity contribution < 1.29 is 13.2 Å². The van der Waals surface area contributed by atoms with Gasteiger partial charge in [-0.25, -0.2) is 13.1 Å². The Kier molecular flexibility index (Phi) is 7.99. The van der Waals surface area contributed by atoms with Gasteiger partial charge in [0.25, 0.3) is 0 Å². The molecule has 0 aliphatic carbocycles. The van der Waals surface area contributed by atoms with Gasteiger partial charge in [0.05, 0.1) is 10.9 Å². The molecule has 1 amide bonds. The zero-order valence-corrected chi connectivity index (χ0v) is 18.8. The van der Waals surface area contributed by atoms with Crippen LogP contribution in [0.5, 0.6) is 0 Å². The predicted molar refractivity (Wildman–Crippen MR) is 117 cm³/mol. The maximum atomic E-state index is 12.4. The third kappa shape index (κ3) is 6.41. The van der Waals surface area contributed by atoms with E-state index in [9.17, 15) is 13.2 Å². The van der Waals surface area contributed by atoms with E-state index in [4.69, 9.17) is 0 Å². The minimum atomic E-state index is -3.46. The lowest BCUT2D eigenvalue weighted by Gasteiger charge is -2.18. The lowest BCUT2D eigenvalue weighted by atomic mass is 9.96. The number of carbonyl (C=O) groups is 1. The lowest BCUT2D eigenvalue weighted by molar-refractivity contribution is -0.121. The average Bonchev–Trinajstić information content (AvgIpc) is 2.68. The van der Waals surface area contributed by atoms with E-state index in [2.05, 4.69) is 42.9 Å². The van der Waals surface area contributed by atoms with Crippen LogP contribution in [0.2, 0.25) is 0 Å². The summed E-state index contributed by atoms with van der Waals surface area (Å²) in [5.41, 5.74) is 5.71. The highest BCUT2D eigenvalue weighted by Gasteiger charge is 2.14. The summed E-state index contributed by atoms with van der Waals surface area (Å²) < 4.78 is 26.8. The van der Waals surface area contributed by atoms with Gasteiger partial charge in [0.2, 0.25) is 15.9 Å². The van der Waals surface area contributed by atoms with Gasteiger partial charge < -0.3 is 5.32 Å². The molecule has 6 heteroatoms. The van der Waals surface area contributed by atoms with Crippen molar-refractivity contribution in [1.82, 2.24) is 10.0 Å². The standard InChI is InChI=1S/C23H32N2O3S/c1-6-13-24-29(27,28)21-10-7-20(8-11-21)9-12-23(26)25-19(5)22-15-17(3)16(2)14-18(22)4/h7-8,10-11,14-15,19,24H,6,9,12-13H2,1-5H3,(H,25,26)/t19-/m0/s1. The highest BCUT2D eigenvalue weighted by Crippen LogP contribution is 2.22. The van der Waals surface area contributed by atoms with Crippen LogP contribution >= 0.6 is 0 Å². The van der Waals surface area contributed by atoms with Gasteiger partial charge in [-0.3, -0.25) is 4.79 Å². The predicted octanol–water partition coefficient (Wildman–Crippen LogP) is 4.11. The van der Waals surface area contributed by atoms with Crippen LogP contribution in [0.25, 0.3) is 0 Å². The van der Waals surface area contributed by atoms with E-state index in [1.54, 1.807) is 24.3 Å². The van der Waals surface area contributed by atoms with Gasteiger partial charge in [-0.05, 0) is 80.5 Å². The Hall–Kier alpha value is -2.18. The van der Waals surface area contributed by atoms with Crippen molar-refractivity contribution in [1.29, 1.82) is 0 Å². The molecule has 0 unspecified atom stereocenters. The number of nitrogens with one attached hydrogen (secondary N) is 2. The van der Waals surface area contributed by atoms with Crippen molar-refractivity contribution >= 4 is 15.9 Å². The monoisotopic (exact) mass is 416 g/mol. The number of sulfonamides is 1. The molecule has 158 valence electrons. The summed E-state index contributed by atoms with van der Waals surface area (Å²) in [5, 5.41) is 3.07. The van der Waals surface area contributed by atoms with E-state index in [1.807, 2.05) is 13.8 Å². The Morgan fingerprint density at radius 3 is 2.24 bits per heavy atom. The van der Waals surface area contributed by atoms with Crippen LogP contribution in [-0.4, -0.2) is 20.9 Å². The Morgan fingerprint density at radius 1 is 1.00 bits per heavy atom. The van der Waals surface area contributed by atoms with Gasteiger partial charge in [0, 0.05) is 13.0 Å². The zero-order valence-electron chi connectivity index (χ0n) is 18.0. The smallest absolute Gasteiger partial charge is 0.240 e. The molecule has 2 rings (SSSR count). The van der Waals surface area contributed by atoms with Crippen molar-refractivity contribution in [3.8, 4) is 0 Å². The van der Waals surface area contributed by atoms with Crippen LogP contribution < -0.4 is 10.0 Å². The Morgan fingerprint density at radius 2 is 1.62 bits per heavy atom. The number of benzene rings is 2. The first-order valence-corrected chi connectivity index (χ1v) is 11.6. The number of rotatable bonds is 9. The van der Waals surface area contributed by atoms with E-state index >= 15 is 0 Å². The molecule has 0 aliphatic heterocycles. The van der Waals surface area contributed by atoms with Crippen LogP contribution in [-0.2, 0) is 21.2 Å². The average molecular weight is 417 g/mol. The first-order chi connectivity index (χ1) is 13.6. The van der Waals surface area contributed by atoms with Crippen LogP contribution in [0.3, 0.4) is 0 Å². The number of carbonyl (C=O) groups excluding carboxylic acids is 1. The van der Waals surface area contributed by atoms with Crippen molar-refractivity contribution in [2.45, 2.75) is 64.8 Å². The third-order valence-corrected chi connectivity index (χ3v) is 6.62. The highest BCUT2D eigenvalue weighted by atomic mass is 32.2. The summed E-state index contributed by atoms with van der Waals surface area (Å²) in [4.78, 5) is 12.6. The fourth-order valence-electron chi connectivity index (χ4n) is 3.25. The molecule has 0 aromatic heterocycles. The summed E-state index contributed by atoms with van der Waals surface area (Å²) >= 11 is 0. The second-order valence-electron chi connectivity index (χ2n) is 7.62. The fourth-order valence-corrected chi connectivity index (χ4v) is 4.39. The summed E-state index contributed by atoms with van der Waals surface area (Å²) in [5.74, 6) is -0.0172. The molecule has 0 fully saturated rings. The molecule has 2 aromatic carbocycles. The Bertz CT molecular complexity index is 951. The summed E-state index contributed by atoms with van der Waals surface area (Å²) in [7, 11) is -3.46. The molecule has 2 N–H and O–H groups in total. The fraction of sp³-hybridized carbons (Fsp3) is 0.435. The SMILES string of the molecule is CCCNS(=O)(=O)c1ccc(CCC(=O)N[C@@H](C)c2cc(C)c(C)cc2C)cc1. The zero-order chi connectivity index (χ0) is 21.6. The molecular formula is C23H32N2O3S. The number of hydrogen-bond acceptors (Lipinski definition) is 3. The Labute approximate surface area is 175 Å². The van der Waals surface area contributed by atoms with Crippen molar-refractivity contribution in [3.05, 3.63) is 64.2 Å². The maximum Gasteiger partial charge on any atom is 0.240 e. The molecule has 29 heavy (non-hydrogen) atoms. The quantitative estimate of drug-likeness (QED) is 0.646. The van der Waals surface area contributed by atoms with Gasteiger partial charge in [0.15, 0.2) is 0 Å². The first-order valence-electron chi connectivity index (χ1n) is 10.1. The topological polar surface area (TPSA) is 75.3 Å². The van der Waals surface area contributed by atoms with E-state index in [1.165, 1.54) is 16.7 Å². The summed E-state index contributed by atoms with van der Waals surface area (Å²) in [6.45, 7) is 10.6. The minimum Gasteiger partial charge on any atom is -0.350 e.